The first kappa shape index (κ1) is 16.4. The Labute approximate surface area is 146 Å². The molecule has 9 heteroatoms. The van der Waals surface area contributed by atoms with Crippen molar-refractivity contribution in [3.05, 3.63) is 22.4 Å². The van der Waals surface area contributed by atoms with Crippen molar-refractivity contribution in [3.63, 3.8) is 0 Å². The number of thioether (sulfide) groups is 1. The molecule has 2 aromatic heterocycles. The monoisotopic (exact) mass is 368 g/mol. The van der Waals surface area contributed by atoms with E-state index in [-0.39, 0.29) is 17.6 Å². The summed E-state index contributed by atoms with van der Waals surface area (Å²) in [6, 6.07) is 4.15. The predicted molar refractivity (Wildman–Crippen MR) is 93.1 cm³/mol. The highest BCUT2D eigenvalue weighted by Crippen LogP contribution is 2.26. The Morgan fingerprint density at radius 2 is 2.35 bits per heavy atom. The van der Waals surface area contributed by atoms with Crippen LogP contribution in [0.5, 0.6) is 0 Å². The maximum Gasteiger partial charge on any atom is 0.239 e. The standard InChI is InChI=1S/C14H16N4O2S3/c19-11-4-1-7-18(11)12(20)9-22-14-17-16-13(23-14)15-6-5-10-3-2-8-21-10/h2-3,8H,1,4-7,9H2,(H,15,16). The van der Waals surface area contributed by atoms with Crippen molar-refractivity contribution < 1.29 is 9.59 Å². The van der Waals surface area contributed by atoms with Gasteiger partial charge in [-0.2, -0.15) is 0 Å². The molecule has 1 fully saturated rings. The molecule has 0 bridgehead atoms. The number of amides is 2. The minimum atomic E-state index is -0.139. The number of nitrogens with zero attached hydrogens (tertiary/aromatic N) is 3. The minimum absolute atomic E-state index is 0.0659. The van der Waals surface area contributed by atoms with E-state index in [0.717, 1.165) is 28.9 Å². The average molecular weight is 369 g/mol. The minimum Gasteiger partial charge on any atom is -0.360 e. The Kier molecular flexibility index (Phi) is 5.63. The first-order valence-corrected chi connectivity index (χ1v) is 9.96. The molecule has 0 saturated carbocycles. The first-order valence-electron chi connectivity index (χ1n) is 7.28. The van der Waals surface area contributed by atoms with Gasteiger partial charge in [0, 0.05) is 24.4 Å². The van der Waals surface area contributed by atoms with Gasteiger partial charge in [-0.15, -0.1) is 21.5 Å². The van der Waals surface area contributed by atoms with Crippen molar-refractivity contribution in [3.8, 4) is 0 Å². The second-order valence-corrected chi connectivity index (χ2v) is 8.19. The predicted octanol–water partition coefficient (Wildman–Crippen LogP) is 2.50. The van der Waals surface area contributed by atoms with Crippen LogP contribution in [-0.4, -0.2) is 45.8 Å². The zero-order valence-electron chi connectivity index (χ0n) is 12.4. The van der Waals surface area contributed by atoms with Crippen molar-refractivity contribution in [2.45, 2.75) is 23.6 Å². The number of anilines is 1. The Morgan fingerprint density at radius 1 is 1.43 bits per heavy atom. The zero-order valence-corrected chi connectivity index (χ0v) is 14.8. The Morgan fingerprint density at radius 3 is 3.09 bits per heavy atom. The van der Waals surface area contributed by atoms with Gasteiger partial charge >= 0.3 is 0 Å². The summed E-state index contributed by atoms with van der Waals surface area (Å²) in [5.74, 6) is 0.0268. The van der Waals surface area contributed by atoms with Gasteiger partial charge < -0.3 is 5.32 Å². The van der Waals surface area contributed by atoms with Crippen molar-refractivity contribution in [2.24, 2.45) is 0 Å². The summed E-state index contributed by atoms with van der Waals surface area (Å²) in [5, 5.41) is 14.2. The van der Waals surface area contributed by atoms with Gasteiger partial charge in [0.1, 0.15) is 0 Å². The number of aromatic nitrogens is 2. The van der Waals surface area contributed by atoms with E-state index in [9.17, 15) is 9.59 Å². The van der Waals surface area contributed by atoms with Gasteiger partial charge in [0.2, 0.25) is 16.9 Å². The third-order valence-electron chi connectivity index (χ3n) is 3.33. The molecule has 0 aromatic carbocycles. The lowest BCUT2D eigenvalue weighted by Crippen LogP contribution is -2.33. The number of thiophene rings is 1. The molecule has 2 amide bonds. The summed E-state index contributed by atoms with van der Waals surface area (Å²) in [6.45, 7) is 1.35. The molecule has 1 aliphatic heterocycles. The Bertz CT molecular complexity index is 671. The van der Waals surface area contributed by atoms with E-state index >= 15 is 0 Å². The van der Waals surface area contributed by atoms with E-state index in [1.54, 1.807) is 11.3 Å². The summed E-state index contributed by atoms with van der Waals surface area (Å²) >= 11 is 4.51. The Hall–Kier alpha value is -1.45. The summed E-state index contributed by atoms with van der Waals surface area (Å²) in [7, 11) is 0. The number of likely N-dealkylation sites (tertiary alicyclic amines) is 1. The molecular formula is C14H16N4O2S3. The van der Waals surface area contributed by atoms with Crippen LogP contribution in [0.1, 0.15) is 17.7 Å². The quantitative estimate of drug-likeness (QED) is 0.757. The van der Waals surface area contributed by atoms with Crippen LogP contribution in [0.3, 0.4) is 0 Å². The summed E-state index contributed by atoms with van der Waals surface area (Å²) in [4.78, 5) is 26.1. The second-order valence-electron chi connectivity index (χ2n) is 4.96. The van der Waals surface area contributed by atoms with Crippen LogP contribution in [-0.2, 0) is 16.0 Å². The average Bonchev–Trinajstić information content (AvgIpc) is 3.27. The van der Waals surface area contributed by atoms with Gasteiger partial charge in [0.05, 0.1) is 5.75 Å². The fourth-order valence-corrected chi connectivity index (χ4v) is 4.56. The molecule has 0 aliphatic carbocycles. The van der Waals surface area contributed by atoms with Crippen molar-refractivity contribution in [2.75, 3.05) is 24.2 Å². The van der Waals surface area contributed by atoms with Gasteiger partial charge in [-0.1, -0.05) is 29.2 Å². The van der Waals surface area contributed by atoms with E-state index in [1.165, 1.54) is 32.9 Å². The van der Waals surface area contributed by atoms with Crippen LogP contribution in [0.4, 0.5) is 5.13 Å². The molecule has 1 N–H and O–H groups in total. The maximum atomic E-state index is 12.0. The molecule has 3 rings (SSSR count). The van der Waals surface area contributed by atoms with Crippen LogP contribution in [0.2, 0.25) is 0 Å². The van der Waals surface area contributed by atoms with Crippen LogP contribution < -0.4 is 5.32 Å². The molecule has 1 saturated heterocycles. The lowest BCUT2D eigenvalue weighted by Gasteiger charge is -2.11. The zero-order chi connectivity index (χ0) is 16.1. The lowest BCUT2D eigenvalue weighted by molar-refractivity contribution is -0.140. The van der Waals surface area contributed by atoms with Crippen LogP contribution in [0.25, 0.3) is 0 Å². The molecule has 6 nitrogen and oxygen atoms in total. The summed E-state index contributed by atoms with van der Waals surface area (Å²) in [5.41, 5.74) is 0. The van der Waals surface area contributed by atoms with Gasteiger partial charge in [-0.05, 0) is 24.3 Å². The van der Waals surface area contributed by atoms with E-state index in [2.05, 4.69) is 27.0 Å². The van der Waals surface area contributed by atoms with Crippen molar-refractivity contribution in [1.82, 2.24) is 15.1 Å². The molecule has 122 valence electrons. The highest BCUT2D eigenvalue weighted by molar-refractivity contribution is 8.01. The highest BCUT2D eigenvalue weighted by Gasteiger charge is 2.26. The largest absolute Gasteiger partial charge is 0.360 e. The molecule has 2 aromatic rings. The van der Waals surface area contributed by atoms with Gasteiger partial charge in [-0.3, -0.25) is 14.5 Å². The molecule has 23 heavy (non-hydrogen) atoms. The summed E-state index contributed by atoms with van der Waals surface area (Å²) < 4.78 is 0.739. The number of nitrogens with one attached hydrogen (secondary N) is 1. The lowest BCUT2D eigenvalue weighted by atomic mass is 10.3. The maximum absolute atomic E-state index is 12.0. The Balaban J connectivity index is 1.42. The molecule has 3 heterocycles. The van der Waals surface area contributed by atoms with E-state index in [4.69, 9.17) is 0 Å². The molecule has 1 aliphatic rings. The topological polar surface area (TPSA) is 75.2 Å². The number of imide groups is 1. The number of rotatable bonds is 7. The van der Waals surface area contributed by atoms with Crippen LogP contribution in [0.15, 0.2) is 21.9 Å². The van der Waals surface area contributed by atoms with Gasteiger partial charge in [-0.25, -0.2) is 0 Å². The van der Waals surface area contributed by atoms with E-state index < -0.39 is 0 Å². The van der Waals surface area contributed by atoms with E-state index in [0.29, 0.717) is 13.0 Å². The smallest absolute Gasteiger partial charge is 0.239 e. The molecular weight excluding hydrogens is 352 g/mol. The van der Waals surface area contributed by atoms with Gasteiger partial charge in [0.15, 0.2) is 4.34 Å². The summed E-state index contributed by atoms with van der Waals surface area (Å²) in [6.07, 6.45) is 2.20. The van der Waals surface area contributed by atoms with Gasteiger partial charge in [0.25, 0.3) is 0 Å². The highest BCUT2D eigenvalue weighted by atomic mass is 32.2. The van der Waals surface area contributed by atoms with Crippen molar-refractivity contribution >= 4 is 51.4 Å². The fourth-order valence-electron chi connectivity index (χ4n) is 2.20. The molecule has 0 spiro atoms. The number of hydrogen-bond donors (Lipinski definition) is 1. The number of carbonyl (C=O) groups is 2. The fraction of sp³-hybridized carbons (Fsp3) is 0.429. The third kappa shape index (κ3) is 4.52. The molecule has 0 unspecified atom stereocenters. The second kappa shape index (κ2) is 7.89. The number of hydrogen-bond acceptors (Lipinski definition) is 8. The van der Waals surface area contributed by atoms with Crippen LogP contribution in [0, 0.1) is 0 Å². The normalized spacial score (nSPS) is 14.4. The van der Waals surface area contributed by atoms with Crippen molar-refractivity contribution in [1.29, 1.82) is 0 Å². The SMILES string of the molecule is O=C1CCCN1C(=O)CSc1nnc(NCCc2cccs2)s1. The van der Waals surface area contributed by atoms with E-state index in [1.807, 2.05) is 6.07 Å². The number of carbonyl (C=O) groups excluding carboxylic acids is 2. The molecule has 0 radical (unpaired) electrons. The third-order valence-corrected chi connectivity index (χ3v) is 6.26. The first-order chi connectivity index (χ1) is 11.2. The molecule has 0 atom stereocenters. The van der Waals surface area contributed by atoms with Crippen LogP contribution >= 0.6 is 34.4 Å².